The lowest BCUT2D eigenvalue weighted by Crippen LogP contribution is -2.61. The van der Waals surface area contributed by atoms with Crippen LogP contribution in [-0.2, 0) is 32.5 Å². The number of hydrogen-bond donors (Lipinski definition) is 0. The van der Waals surface area contributed by atoms with E-state index < -0.39 is 0 Å². The monoisotopic (exact) mass is 1170 g/mol. The van der Waals surface area contributed by atoms with E-state index >= 15 is 0 Å². The minimum absolute atomic E-state index is 0.0193. The Morgan fingerprint density at radius 1 is 0.244 bits per heavy atom. The van der Waals surface area contributed by atoms with Crippen molar-refractivity contribution < 1.29 is 0 Å². The normalized spacial score (nSPS) is 13.4. The van der Waals surface area contributed by atoms with Crippen molar-refractivity contribution >= 4 is 74.3 Å². The van der Waals surface area contributed by atoms with Crippen molar-refractivity contribution in [3.63, 3.8) is 0 Å². The molecule has 0 saturated carbocycles. The van der Waals surface area contributed by atoms with Gasteiger partial charge < -0.3 is 14.7 Å². The van der Waals surface area contributed by atoms with Gasteiger partial charge in [-0.2, -0.15) is 0 Å². The van der Waals surface area contributed by atoms with Gasteiger partial charge in [-0.3, -0.25) is 0 Å². The van der Waals surface area contributed by atoms with Gasteiger partial charge in [-0.1, -0.05) is 291 Å². The summed E-state index contributed by atoms with van der Waals surface area (Å²) < 4.78 is 0. The summed E-state index contributed by atoms with van der Waals surface area (Å²) in [6.45, 7) is 32.6. The first kappa shape index (κ1) is 59.8. The minimum Gasteiger partial charge on any atom is -0.311 e. The van der Waals surface area contributed by atoms with Crippen LogP contribution in [0.1, 0.15) is 153 Å². The molecule has 4 heteroatoms. The Labute approximate surface area is 537 Å². The van der Waals surface area contributed by atoms with Gasteiger partial charge >= 0.3 is 0 Å². The van der Waals surface area contributed by atoms with Crippen LogP contribution in [0.2, 0.25) is 0 Å². The van der Waals surface area contributed by atoms with Crippen molar-refractivity contribution in [1.29, 1.82) is 0 Å². The second-order valence-corrected chi connectivity index (χ2v) is 29.5. The second-order valence-electron chi connectivity index (χ2n) is 29.5. The summed E-state index contributed by atoms with van der Waals surface area (Å²) in [6, 6.07) is 102. The number of fused-ring (bicyclic) bond motifs is 4. The van der Waals surface area contributed by atoms with Gasteiger partial charge in [-0.05, 0) is 156 Å². The van der Waals surface area contributed by atoms with Gasteiger partial charge in [0, 0.05) is 67.2 Å². The molecule has 0 bridgehead atoms. The molecule has 13 rings (SSSR count). The molecule has 0 unspecified atom stereocenters. The first-order valence-corrected chi connectivity index (χ1v) is 32.4. The van der Waals surface area contributed by atoms with Crippen LogP contribution in [0.15, 0.2) is 267 Å². The first-order chi connectivity index (χ1) is 42.9. The maximum atomic E-state index is 2.60. The molecule has 2 aliphatic rings. The van der Waals surface area contributed by atoms with Crippen molar-refractivity contribution in [3.05, 3.63) is 323 Å². The van der Waals surface area contributed by atoms with Gasteiger partial charge in [0.2, 0.25) is 0 Å². The van der Waals surface area contributed by atoms with Crippen molar-refractivity contribution in [2.75, 3.05) is 14.7 Å². The quantitative estimate of drug-likeness (QED) is 0.107. The molecular formula is C86H86BN3. The third kappa shape index (κ3) is 10.6. The van der Waals surface area contributed by atoms with Crippen LogP contribution in [0.3, 0.4) is 0 Å². The van der Waals surface area contributed by atoms with E-state index in [1.807, 2.05) is 0 Å². The molecule has 448 valence electrons. The molecule has 0 fully saturated rings. The second kappa shape index (κ2) is 22.4. The number of hydrogen-bond acceptors (Lipinski definition) is 3. The predicted molar refractivity (Wildman–Crippen MR) is 387 cm³/mol. The smallest absolute Gasteiger partial charge is 0.252 e. The van der Waals surface area contributed by atoms with E-state index in [1.54, 1.807) is 0 Å². The summed E-state index contributed by atoms with van der Waals surface area (Å²) in [5.41, 5.74) is 25.7. The Morgan fingerprint density at radius 3 is 0.811 bits per heavy atom. The van der Waals surface area contributed by atoms with E-state index in [0.29, 0.717) is 0 Å². The maximum Gasteiger partial charge on any atom is 0.252 e. The minimum atomic E-state index is -0.305. The van der Waals surface area contributed by atoms with Crippen LogP contribution >= 0.6 is 0 Å². The first-order valence-electron chi connectivity index (χ1n) is 32.4. The van der Waals surface area contributed by atoms with Gasteiger partial charge in [-0.25, -0.2) is 0 Å². The van der Waals surface area contributed by atoms with Crippen LogP contribution in [0.5, 0.6) is 0 Å². The summed E-state index contributed by atoms with van der Waals surface area (Å²) in [5.74, 6) is 0. The zero-order valence-corrected chi connectivity index (χ0v) is 55.3. The Balaban J connectivity index is 1.13. The highest BCUT2D eigenvalue weighted by atomic mass is 15.2. The predicted octanol–water partition coefficient (Wildman–Crippen LogP) is 21.1. The van der Waals surface area contributed by atoms with E-state index in [2.05, 4.69) is 379 Å². The van der Waals surface area contributed by atoms with Gasteiger partial charge in [0.1, 0.15) is 0 Å². The van der Waals surface area contributed by atoms with Gasteiger partial charge in [0.25, 0.3) is 6.71 Å². The molecule has 2 aliphatic heterocycles. The lowest BCUT2D eigenvalue weighted by atomic mass is 9.33. The molecule has 0 aliphatic carbocycles. The van der Waals surface area contributed by atoms with E-state index in [0.717, 1.165) is 39.8 Å². The standard InChI is InChI=1S/C86H86BN3/c1-81(2,3)59-35-45-69(46-36-59)88(70-47-37-60(38-48-70)82(4,5)6)73-57-78-80-79(58-73)90(72-51-41-66(42-52-72)84(9,10)62-29-21-16-22-30-62)77-54-44-68(86(13,14)64-33-25-18-26-34-64)56-75(77)87(80)74-55-67(85(11,12)63-31-23-17-24-32-63)43-53-76(74)89(78)71-49-39-65(40-50-71)83(7,8)61-27-19-15-20-28-61/h15-58H,1-14H3. The Hall–Kier alpha value is -9.12. The molecule has 3 nitrogen and oxygen atoms in total. The van der Waals surface area contributed by atoms with E-state index in [-0.39, 0.29) is 39.2 Å². The fourth-order valence-corrected chi connectivity index (χ4v) is 14.3. The van der Waals surface area contributed by atoms with Crippen LogP contribution in [0.25, 0.3) is 0 Å². The van der Waals surface area contributed by atoms with Crippen molar-refractivity contribution in [1.82, 2.24) is 0 Å². The average molecular weight is 1170 g/mol. The number of rotatable bonds is 13. The molecule has 0 N–H and O–H groups in total. The molecule has 11 aromatic rings. The lowest BCUT2D eigenvalue weighted by Gasteiger charge is -2.46. The van der Waals surface area contributed by atoms with Crippen molar-refractivity contribution in [3.8, 4) is 0 Å². The van der Waals surface area contributed by atoms with E-state index in [9.17, 15) is 0 Å². The van der Waals surface area contributed by atoms with Crippen LogP contribution in [-0.4, -0.2) is 6.71 Å². The zero-order valence-electron chi connectivity index (χ0n) is 55.3. The molecule has 0 saturated heterocycles. The summed E-state index contributed by atoms with van der Waals surface area (Å²) in [7, 11) is 0. The zero-order chi connectivity index (χ0) is 63.1. The summed E-state index contributed by atoms with van der Waals surface area (Å²) in [4.78, 5) is 7.70. The topological polar surface area (TPSA) is 9.72 Å². The molecule has 0 radical (unpaired) electrons. The Bertz CT molecular complexity index is 4100. The fraction of sp³-hybridized carbons (Fsp3) is 0.233. The van der Waals surface area contributed by atoms with Crippen LogP contribution in [0.4, 0.5) is 51.2 Å². The summed E-state index contributed by atoms with van der Waals surface area (Å²) in [6.07, 6.45) is 0. The maximum absolute atomic E-state index is 2.60. The van der Waals surface area contributed by atoms with Crippen molar-refractivity contribution in [2.45, 2.75) is 129 Å². The van der Waals surface area contributed by atoms with Gasteiger partial charge in [-0.15, -0.1) is 0 Å². The van der Waals surface area contributed by atoms with Gasteiger partial charge in [0.15, 0.2) is 0 Å². The highest BCUT2D eigenvalue weighted by Gasteiger charge is 2.46. The highest BCUT2D eigenvalue weighted by Crippen LogP contribution is 2.50. The summed E-state index contributed by atoms with van der Waals surface area (Å²) in [5, 5.41) is 0. The van der Waals surface area contributed by atoms with Crippen LogP contribution in [0, 0.1) is 0 Å². The molecule has 0 aromatic heterocycles. The highest BCUT2D eigenvalue weighted by molar-refractivity contribution is 7.00. The molecule has 0 spiro atoms. The molecule has 11 aromatic carbocycles. The van der Waals surface area contributed by atoms with E-state index in [1.165, 1.54) is 83.4 Å². The van der Waals surface area contributed by atoms with Crippen molar-refractivity contribution in [2.24, 2.45) is 0 Å². The molecular weight excluding hydrogens is 1090 g/mol. The molecule has 2 heterocycles. The van der Waals surface area contributed by atoms with Crippen LogP contribution < -0.4 is 31.1 Å². The number of anilines is 9. The lowest BCUT2D eigenvalue weighted by molar-refractivity contribution is 0.590. The SMILES string of the molecule is CC(C)(C)c1ccc(N(c2ccc(C(C)(C)C)cc2)c2cc3c4c(c2)N(c2ccc(C(C)(C)c5ccccc5)cc2)c2ccc(C(C)(C)c5ccccc5)cc2B4c2cc(C(C)(C)c4ccccc4)ccc2N3c2ccc(C(C)(C)c3ccccc3)cc2)cc1. The van der Waals surface area contributed by atoms with Gasteiger partial charge in [0.05, 0.1) is 5.69 Å². The third-order valence-electron chi connectivity index (χ3n) is 20.4. The number of nitrogens with zero attached hydrogens (tertiary/aromatic N) is 3. The molecule has 90 heavy (non-hydrogen) atoms. The third-order valence-corrected chi connectivity index (χ3v) is 20.4. The molecule has 0 amide bonds. The number of benzene rings is 11. The fourth-order valence-electron chi connectivity index (χ4n) is 14.3. The Morgan fingerprint density at radius 2 is 0.511 bits per heavy atom. The Kier molecular flexibility index (Phi) is 14.9. The summed E-state index contributed by atoms with van der Waals surface area (Å²) >= 11 is 0. The van der Waals surface area contributed by atoms with E-state index in [4.69, 9.17) is 0 Å². The largest absolute Gasteiger partial charge is 0.311 e. The average Bonchev–Trinajstić information content (AvgIpc) is 0.704. The molecule has 0 atom stereocenters.